The first-order valence-electron chi connectivity index (χ1n) is 6.95. The summed E-state index contributed by atoms with van der Waals surface area (Å²) in [5.74, 6) is 1.44. The lowest BCUT2D eigenvalue weighted by atomic mass is 10.4. The maximum Gasteiger partial charge on any atom is 0.0195 e. The van der Waals surface area contributed by atoms with Crippen LogP contribution in [0.3, 0.4) is 0 Å². The third-order valence-electron chi connectivity index (χ3n) is 1.33. The number of halogens is 2. The highest BCUT2D eigenvalue weighted by molar-refractivity contribution is 6.17. The Balaban J connectivity index is -0.000000195. The van der Waals surface area contributed by atoms with Crippen LogP contribution in [0.15, 0.2) is 72.8 Å². The van der Waals surface area contributed by atoms with Gasteiger partial charge in [0.15, 0.2) is 0 Å². The summed E-state index contributed by atoms with van der Waals surface area (Å²) < 4.78 is 0. The van der Waals surface area contributed by atoms with E-state index >= 15 is 0 Å². The molecule has 0 unspecified atom stereocenters. The predicted octanol–water partition coefficient (Wildman–Crippen LogP) is 6.89. The first kappa shape index (κ1) is 24.1. The monoisotopic (exact) mass is 314 g/mol. The van der Waals surface area contributed by atoms with Crippen LogP contribution in [0, 0.1) is 0 Å². The summed E-state index contributed by atoms with van der Waals surface area (Å²) >= 11 is 10.00. The molecular formula is C18H28Cl2. The van der Waals surface area contributed by atoms with Gasteiger partial charge in [-0.15, -0.1) is 23.2 Å². The van der Waals surface area contributed by atoms with Gasteiger partial charge in [0.1, 0.15) is 0 Å². The summed E-state index contributed by atoms with van der Waals surface area (Å²) in [5, 5.41) is 0. The van der Waals surface area contributed by atoms with E-state index in [9.17, 15) is 0 Å². The van der Waals surface area contributed by atoms with Crippen LogP contribution >= 0.6 is 23.2 Å². The second-order valence-corrected chi connectivity index (χ2v) is 3.91. The number of rotatable bonds is 0. The van der Waals surface area contributed by atoms with Gasteiger partial charge >= 0.3 is 0 Å². The van der Waals surface area contributed by atoms with Crippen molar-refractivity contribution in [2.45, 2.75) is 27.7 Å². The maximum absolute atomic E-state index is 5.00. The van der Waals surface area contributed by atoms with Gasteiger partial charge in [-0.25, -0.2) is 0 Å². The second kappa shape index (κ2) is 30.8. The Morgan fingerprint density at radius 1 is 0.450 bits per heavy atom. The van der Waals surface area contributed by atoms with Crippen molar-refractivity contribution in [1.29, 1.82) is 0 Å². The van der Waals surface area contributed by atoms with Gasteiger partial charge in [-0.1, -0.05) is 100 Å². The fraction of sp³-hybridized carbons (Fsp3) is 0.333. The molecule has 20 heavy (non-hydrogen) atoms. The summed E-state index contributed by atoms with van der Waals surface area (Å²) in [6.45, 7) is 7.78. The summed E-state index contributed by atoms with van der Waals surface area (Å²) in [6.07, 6.45) is 0. The fourth-order valence-corrected chi connectivity index (χ4v) is 0.770. The normalized spacial score (nSPS) is 6.90. The zero-order valence-corrected chi connectivity index (χ0v) is 14.6. The molecule has 0 aromatic heterocycles. The van der Waals surface area contributed by atoms with E-state index in [1.54, 1.807) is 0 Å². The molecule has 2 rings (SSSR count). The van der Waals surface area contributed by atoms with E-state index in [4.69, 9.17) is 23.2 Å². The van der Waals surface area contributed by atoms with E-state index in [0.717, 1.165) is 11.8 Å². The van der Waals surface area contributed by atoms with Gasteiger partial charge in [-0.3, -0.25) is 0 Å². The van der Waals surface area contributed by atoms with E-state index < -0.39 is 0 Å². The summed E-state index contributed by atoms with van der Waals surface area (Å²) in [5.41, 5.74) is 0. The first-order valence-corrected chi connectivity index (χ1v) is 8.02. The Morgan fingerprint density at radius 2 is 0.500 bits per heavy atom. The van der Waals surface area contributed by atoms with Gasteiger partial charge in [0.25, 0.3) is 0 Å². The third-order valence-corrected chi connectivity index (χ3v) is 1.33. The lowest BCUT2D eigenvalue weighted by Gasteiger charge is -1.69. The standard InChI is InChI=1S/2C6H6.2C2H5Cl.C2H6/c2*1-2-4-6-5-3-1;2*1-2-3;1-2/h2*1-6H;2*2H2,1H3;1-2H3. The molecule has 0 nitrogen and oxygen atoms in total. The number of alkyl halides is 2. The Morgan fingerprint density at radius 3 is 0.550 bits per heavy atom. The topological polar surface area (TPSA) is 0 Å². The van der Waals surface area contributed by atoms with Crippen molar-refractivity contribution in [3.8, 4) is 0 Å². The molecule has 0 atom stereocenters. The van der Waals surface area contributed by atoms with Crippen LogP contribution in [0.25, 0.3) is 0 Å². The Kier molecular flexibility index (Phi) is 37.1. The lowest BCUT2D eigenvalue weighted by molar-refractivity contribution is 1.50. The maximum atomic E-state index is 5.00. The Hall–Kier alpha value is -0.980. The number of hydrogen-bond donors (Lipinski definition) is 0. The van der Waals surface area contributed by atoms with Crippen LogP contribution in [0.5, 0.6) is 0 Å². The van der Waals surface area contributed by atoms with Crippen LogP contribution in [-0.2, 0) is 0 Å². The SMILES string of the molecule is CC.CCCl.CCCl.c1ccccc1.c1ccccc1. The quantitative estimate of drug-likeness (QED) is 0.464. The van der Waals surface area contributed by atoms with Crippen LogP contribution in [0.2, 0.25) is 0 Å². The molecule has 0 saturated heterocycles. The van der Waals surface area contributed by atoms with Gasteiger partial charge in [0.05, 0.1) is 0 Å². The average molecular weight is 315 g/mol. The highest BCUT2D eigenvalue weighted by atomic mass is 35.5. The van der Waals surface area contributed by atoms with Crippen LogP contribution in [0.1, 0.15) is 27.7 Å². The van der Waals surface area contributed by atoms with Crippen molar-refractivity contribution in [2.24, 2.45) is 0 Å². The zero-order chi connectivity index (χ0) is 15.9. The molecule has 0 heterocycles. The highest BCUT2D eigenvalue weighted by Crippen LogP contribution is 1.80. The number of benzene rings is 2. The van der Waals surface area contributed by atoms with Crippen LogP contribution in [-0.4, -0.2) is 11.8 Å². The van der Waals surface area contributed by atoms with Crippen LogP contribution in [0.4, 0.5) is 0 Å². The zero-order valence-electron chi connectivity index (χ0n) is 13.1. The molecule has 2 aromatic carbocycles. The largest absolute Gasteiger partial charge is 0.127 e. The van der Waals surface area contributed by atoms with E-state index in [1.165, 1.54) is 0 Å². The highest BCUT2D eigenvalue weighted by Gasteiger charge is 1.58. The van der Waals surface area contributed by atoms with Crippen molar-refractivity contribution in [3.05, 3.63) is 72.8 Å². The molecular weight excluding hydrogens is 287 g/mol. The van der Waals surface area contributed by atoms with Crippen molar-refractivity contribution in [3.63, 3.8) is 0 Å². The molecule has 0 amide bonds. The Bertz CT molecular complexity index is 209. The molecule has 2 aromatic rings. The lowest BCUT2D eigenvalue weighted by Crippen LogP contribution is -1.47. The molecule has 0 aliphatic heterocycles. The molecule has 0 aliphatic carbocycles. The van der Waals surface area contributed by atoms with Gasteiger partial charge in [-0.2, -0.15) is 0 Å². The smallest absolute Gasteiger partial charge is 0.0195 e. The summed E-state index contributed by atoms with van der Waals surface area (Å²) in [4.78, 5) is 0. The van der Waals surface area contributed by atoms with Gasteiger partial charge in [0, 0.05) is 11.8 Å². The molecule has 0 fully saturated rings. The van der Waals surface area contributed by atoms with E-state index in [0.29, 0.717) is 0 Å². The van der Waals surface area contributed by atoms with Crippen molar-refractivity contribution >= 4 is 23.2 Å². The molecule has 114 valence electrons. The molecule has 0 bridgehead atoms. The van der Waals surface area contributed by atoms with Crippen molar-refractivity contribution < 1.29 is 0 Å². The minimum atomic E-state index is 0.722. The van der Waals surface area contributed by atoms with Crippen LogP contribution < -0.4 is 0 Å². The second-order valence-electron chi connectivity index (χ2n) is 2.84. The first-order chi connectivity index (χ1) is 9.83. The molecule has 0 radical (unpaired) electrons. The minimum Gasteiger partial charge on any atom is -0.127 e. The van der Waals surface area contributed by atoms with Gasteiger partial charge < -0.3 is 0 Å². The average Bonchev–Trinajstić information content (AvgIpc) is 2.55. The molecule has 0 spiro atoms. The molecule has 0 N–H and O–H groups in total. The van der Waals surface area contributed by atoms with Crippen molar-refractivity contribution in [1.82, 2.24) is 0 Å². The summed E-state index contributed by atoms with van der Waals surface area (Å²) in [6, 6.07) is 24.0. The molecule has 0 saturated carbocycles. The fourth-order valence-electron chi connectivity index (χ4n) is 0.770. The van der Waals surface area contributed by atoms with E-state index in [-0.39, 0.29) is 0 Å². The Labute approximate surface area is 135 Å². The molecule has 0 aliphatic rings. The van der Waals surface area contributed by atoms with Crippen molar-refractivity contribution in [2.75, 3.05) is 11.8 Å². The predicted molar refractivity (Wildman–Crippen MR) is 97.0 cm³/mol. The molecule has 2 heteroatoms. The van der Waals surface area contributed by atoms with E-state index in [2.05, 4.69) is 0 Å². The number of hydrogen-bond acceptors (Lipinski definition) is 0. The minimum absolute atomic E-state index is 0.722. The van der Waals surface area contributed by atoms with Gasteiger partial charge in [0.2, 0.25) is 0 Å². The third kappa shape index (κ3) is 36.0. The van der Waals surface area contributed by atoms with Gasteiger partial charge in [-0.05, 0) is 0 Å². The summed E-state index contributed by atoms with van der Waals surface area (Å²) in [7, 11) is 0. The van der Waals surface area contributed by atoms with E-state index in [1.807, 2.05) is 100 Å².